The van der Waals surface area contributed by atoms with E-state index in [0.717, 1.165) is 35.3 Å². The summed E-state index contributed by atoms with van der Waals surface area (Å²) in [5, 5.41) is 0. The molecule has 3 nitrogen and oxygen atoms in total. The van der Waals surface area contributed by atoms with E-state index in [1.54, 1.807) is 6.07 Å². The number of ether oxygens (including phenoxy) is 1. The molecular weight excluding hydrogens is 300 g/mol. The highest BCUT2D eigenvalue weighted by Gasteiger charge is 2.22. The van der Waals surface area contributed by atoms with Crippen molar-refractivity contribution >= 4 is 0 Å². The number of rotatable bonds is 3. The summed E-state index contributed by atoms with van der Waals surface area (Å²) in [5.74, 6) is 1.98. The average molecular weight is 318 g/mol. The molecular formula is C21H18O3. The Labute approximate surface area is 140 Å². The van der Waals surface area contributed by atoms with Crippen molar-refractivity contribution in [1.29, 1.82) is 0 Å². The van der Waals surface area contributed by atoms with E-state index in [0.29, 0.717) is 18.1 Å². The Morgan fingerprint density at radius 1 is 1.00 bits per heavy atom. The minimum atomic E-state index is 0.0343. The Balaban J connectivity index is 1.93. The van der Waals surface area contributed by atoms with E-state index in [2.05, 4.69) is 6.07 Å². The van der Waals surface area contributed by atoms with Gasteiger partial charge >= 0.3 is 0 Å². The van der Waals surface area contributed by atoms with Gasteiger partial charge in [-0.15, -0.1) is 0 Å². The van der Waals surface area contributed by atoms with Crippen LogP contribution in [0.1, 0.15) is 18.1 Å². The molecule has 2 aromatic carbocycles. The van der Waals surface area contributed by atoms with E-state index >= 15 is 0 Å². The van der Waals surface area contributed by atoms with E-state index in [-0.39, 0.29) is 5.43 Å². The highest BCUT2D eigenvalue weighted by atomic mass is 16.5. The SMILES string of the molecule is CCOc1ccccc1-c1cc(=O)c2c(o1)-c1ccccc1CC2. The van der Waals surface area contributed by atoms with Crippen LogP contribution in [-0.4, -0.2) is 6.61 Å². The summed E-state index contributed by atoms with van der Waals surface area (Å²) < 4.78 is 11.9. The molecule has 4 rings (SSSR count). The van der Waals surface area contributed by atoms with Crippen molar-refractivity contribution in [3.63, 3.8) is 0 Å². The maximum atomic E-state index is 12.6. The predicted molar refractivity (Wildman–Crippen MR) is 94.4 cm³/mol. The fraction of sp³-hybridized carbons (Fsp3) is 0.190. The topological polar surface area (TPSA) is 39.4 Å². The highest BCUT2D eigenvalue weighted by molar-refractivity contribution is 5.72. The van der Waals surface area contributed by atoms with Gasteiger partial charge in [-0.2, -0.15) is 0 Å². The molecule has 120 valence electrons. The number of fused-ring (bicyclic) bond motifs is 3. The highest BCUT2D eigenvalue weighted by Crippen LogP contribution is 2.36. The molecule has 24 heavy (non-hydrogen) atoms. The summed E-state index contributed by atoms with van der Waals surface area (Å²) in [4.78, 5) is 12.6. The average Bonchev–Trinajstić information content (AvgIpc) is 2.62. The maximum Gasteiger partial charge on any atom is 0.189 e. The largest absolute Gasteiger partial charge is 0.493 e. The van der Waals surface area contributed by atoms with Gasteiger partial charge in [-0.3, -0.25) is 4.79 Å². The second-order valence-electron chi connectivity index (χ2n) is 5.87. The number of benzene rings is 2. The summed E-state index contributed by atoms with van der Waals surface area (Å²) in [5.41, 5.74) is 3.86. The quantitative estimate of drug-likeness (QED) is 0.715. The summed E-state index contributed by atoms with van der Waals surface area (Å²) in [6, 6.07) is 17.4. The minimum absolute atomic E-state index is 0.0343. The molecule has 0 atom stereocenters. The summed E-state index contributed by atoms with van der Waals surface area (Å²) in [7, 11) is 0. The minimum Gasteiger partial charge on any atom is -0.493 e. The number of para-hydroxylation sites is 1. The van der Waals surface area contributed by atoms with Crippen molar-refractivity contribution in [1.82, 2.24) is 0 Å². The normalized spacial score (nSPS) is 12.4. The third-order valence-corrected chi connectivity index (χ3v) is 4.40. The van der Waals surface area contributed by atoms with Gasteiger partial charge in [0.05, 0.1) is 12.2 Å². The zero-order chi connectivity index (χ0) is 16.5. The van der Waals surface area contributed by atoms with E-state index in [9.17, 15) is 4.79 Å². The summed E-state index contributed by atoms with van der Waals surface area (Å²) in [6.45, 7) is 2.51. The van der Waals surface area contributed by atoms with Crippen molar-refractivity contribution in [3.8, 4) is 28.4 Å². The Hall–Kier alpha value is -2.81. The molecule has 1 aromatic heterocycles. The fourth-order valence-corrected chi connectivity index (χ4v) is 3.28. The molecule has 0 aliphatic heterocycles. The third kappa shape index (κ3) is 2.42. The van der Waals surface area contributed by atoms with Crippen LogP contribution < -0.4 is 10.2 Å². The molecule has 1 aliphatic rings. The van der Waals surface area contributed by atoms with E-state index < -0.39 is 0 Å². The van der Waals surface area contributed by atoms with Crippen LogP contribution in [0, 0.1) is 0 Å². The van der Waals surface area contributed by atoms with Crippen molar-refractivity contribution in [2.24, 2.45) is 0 Å². The second kappa shape index (κ2) is 6.00. The first-order valence-electron chi connectivity index (χ1n) is 8.25. The van der Waals surface area contributed by atoms with Crippen LogP contribution >= 0.6 is 0 Å². The lowest BCUT2D eigenvalue weighted by molar-refractivity contribution is 0.340. The van der Waals surface area contributed by atoms with Crippen molar-refractivity contribution in [2.75, 3.05) is 6.61 Å². The second-order valence-corrected chi connectivity index (χ2v) is 5.87. The number of hydrogen-bond acceptors (Lipinski definition) is 3. The number of hydrogen-bond donors (Lipinski definition) is 0. The molecule has 0 saturated heterocycles. The fourth-order valence-electron chi connectivity index (χ4n) is 3.28. The van der Waals surface area contributed by atoms with Gasteiger partial charge in [0.1, 0.15) is 17.3 Å². The van der Waals surface area contributed by atoms with Crippen LogP contribution in [0.25, 0.3) is 22.6 Å². The standard InChI is InChI=1S/C21H18O3/c1-2-23-19-10-6-5-9-17(19)20-13-18(22)16-12-11-14-7-3-4-8-15(14)21(16)24-20/h3-10,13H,2,11-12H2,1H3. The monoisotopic (exact) mass is 318 g/mol. The van der Waals surface area contributed by atoms with Crippen molar-refractivity contribution in [2.45, 2.75) is 19.8 Å². The molecule has 3 heteroatoms. The Morgan fingerprint density at radius 3 is 2.58 bits per heavy atom. The molecule has 0 saturated carbocycles. The first-order valence-corrected chi connectivity index (χ1v) is 8.25. The molecule has 0 spiro atoms. The van der Waals surface area contributed by atoms with Crippen LogP contribution in [0.5, 0.6) is 5.75 Å². The molecule has 0 unspecified atom stereocenters. The van der Waals surface area contributed by atoms with Gasteiger partial charge < -0.3 is 9.15 Å². The van der Waals surface area contributed by atoms with Gasteiger partial charge in [0.2, 0.25) is 0 Å². The first kappa shape index (κ1) is 14.8. The molecule has 0 amide bonds. The smallest absolute Gasteiger partial charge is 0.189 e. The van der Waals surface area contributed by atoms with E-state index in [1.165, 1.54) is 5.56 Å². The molecule has 1 heterocycles. The van der Waals surface area contributed by atoms with Gasteiger partial charge in [-0.1, -0.05) is 36.4 Å². The van der Waals surface area contributed by atoms with Gasteiger partial charge in [0, 0.05) is 17.2 Å². The third-order valence-electron chi connectivity index (χ3n) is 4.40. The van der Waals surface area contributed by atoms with Crippen molar-refractivity contribution in [3.05, 3.63) is 75.9 Å². The van der Waals surface area contributed by atoms with Crippen LogP contribution in [0.4, 0.5) is 0 Å². The lowest BCUT2D eigenvalue weighted by Gasteiger charge is -2.19. The van der Waals surface area contributed by atoms with Gasteiger partial charge in [-0.05, 0) is 37.5 Å². The number of aryl methyl sites for hydroxylation is 1. The predicted octanol–water partition coefficient (Wildman–Crippen LogP) is 4.47. The Kier molecular flexibility index (Phi) is 3.69. The van der Waals surface area contributed by atoms with Crippen LogP contribution in [0.3, 0.4) is 0 Å². The van der Waals surface area contributed by atoms with Crippen LogP contribution in [0.15, 0.2) is 63.8 Å². The molecule has 0 bridgehead atoms. The van der Waals surface area contributed by atoms with E-state index in [4.69, 9.17) is 9.15 Å². The van der Waals surface area contributed by atoms with Crippen LogP contribution in [0.2, 0.25) is 0 Å². The molecule has 0 radical (unpaired) electrons. The Bertz CT molecular complexity index is 953. The van der Waals surface area contributed by atoms with Gasteiger partial charge in [0.15, 0.2) is 5.43 Å². The maximum absolute atomic E-state index is 12.6. The lowest BCUT2D eigenvalue weighted by atomic mass is 9.89. The summed E-state index contributed by atoms with van der Waals surface area (Å²) >= 11 is 0. The molecule has 0 N–H and O–H groups in total. The summed E-state index contributed by atoms with van der Waals surface area (Å²) in [6.07, 6.45) is 1.60. The first-order chi connectivity index (χ1) is 11.8. The van der Waals surface area contributed by atoms with Crippen molar-refractivity contribution < 1.29 is 9.15 Å². The van der Waals surface area contributed by atoms with Crippen LogP contribution in [-0.2, 0) is 12.8 Å². The molecule has 0 fully saturated rings. The van der Waals surface area contributed by atoms with E-state index in [1.807, 2.05) is 49.4 Å². The Morgan fingerprint density at radius 2 is 1.75 bits per heavy atom. The zero-order valence-corrected chi connectivity index (χ0v) is 13.5. The molecule has 3 aromatic rings. The zero-order valence-electron chi connectivity index (χ0n) is 13.5. The van der Waals surface area contributed by atoms with Gasteiger partial charge in [-0.25, -0.2) is 0 Å². The molecule has 1 aliphatic carbocycles. The lowest BCUT2D eigenvalue weighted by Crippen LogP contribution is -2.15. The van der Waals surface area contributed by atoms with Gasteiger partial charge in [0.25, 0.3) is 0 Å².